The molecule has 4 rings (SSSR count). The molecule has 1 aliphatic heterocycles. The number of carbonyl (C=O) groups excluding carboxylic acids is 1. The third-order valence-corrected chi connectivity index (χ3v) is 5.35. The van der Waals surface area contributed by atoms with Crippen molar-refractivity contribution in [1.29, 1.82) is 0 Å². The molecule has 3 N–H and O–H groups in total. The van der Waals surface area contributed by atoms with E-state index in [0.29, 0.717) is 5.69 Å². The van der Waals surface area contributed by atoms with Gasteiger partial charge in [-0.25, -0.2) is 0 Å². The molecule has 0 bridgehead atoms. The molecular weight excluding hydrogens is 336 g/mol. The number of carbonyl (C=O) groups is 1. The van der Waals surface area contributed by atoms with Crippen LogP contribution in [0.4, 0.5) is 5.82 Å². The van der Waals surface area contributed by atoms with E-state index in [1.807, 2.05) is 30.5 Å². The first kappa shape index (κ1) is 15.9. The van der Waals surface area contributed by atoms with Crippen molar-refractivity contribution in [3.8, 4) is 10.6 Å². The topological polar surface area (TPSA) is 89.7 Å². The molecule has 0 spiro atoms. The van der Waals surface area contributed by atoms with Crippen LogP contribution >= 0.6 is 11.3 Å². The summed E-state index contributed by atoms with van der Waals surface area (Å²) in [5.74, 6) is 0.864. The van der Waals surface area contributed by atoms with E-state index in [-0.39, 0.29) is 11.9 Å². The predicted octanol–water partition coefficient (Wildman–Crippen LogP) is 2.57. The van der Waals surface area contributed by atoms with Gasteiger partial charge in [0.2, 0.25) is 0 Å². The summed E-state index contributed by atoms with van der Waals surface area (Å²) in [6.45, 7) is 3.77. The van der Waals surface area contributed by atoms with Crippen LogP contribution in [-0.4, -0.2) is 45.4 Å². The SMILES string of the molecule is Cc1cc(N2CCC(NC(=O)c3cc(-c4cccs4)[nH]n3)CC2)n[nH]1. The van der Waals surface area contributed by atoms with E-state index < -0.39 is 0 Å². The lowest BCUT2D eigenvalue weighted by Crippen LogP contribution is -2.44. The Morgan fingerprint density at radius 1 is 1.28 bits per heavy atom. The van der Waals surface area contributed by atoms with E-state index >= 15 is 0 Å². The van der Waals surface area contributed by atoms with Gasteiger partial charge in [0.05, 0.1) is 10.6 Å². The minimum atomic E-state index is -0.117. The Balaban J connectivity index is 1.33. The van der Waals surface area contributed by atoms with Crippen molar-refractivity contribution in [2.45, 2.75) is 25.8 Å². The summed E-state index contributed by atoms with van der Waals surface area (Å²) >= 11 is 1.62. The number of hydrogen-bond acceptors (Lipinski definition) is 5. The molecule has 1 amide bonds. The normalized spacial score (nSPS) is 15.5. The van der Waals surface area contributed by atoms with E-state index in [1.165, 1.54) is 0 Å². The predicted molar refractivity (Wildman–Crippen MR) is 97.9 cm³/mol. The van der Waals surface area contributed by atoms with E-state index in [0.717, 1.165) is 48.0 Å². The minimum Gasteiger partial charge on any atom is -0.355 e. The van der Waals surface area contributed by atoms with Crippen LogP contribution in [0, 0.1) is 6.92 Å². The van der Waals surface area contributed by atoms with Gasteiger partial charge in [0.15, 0.2) is 11.5 Å². The Morgan fingerprint density at radius 2 is 2.12 bits per heavy atom. The van der Waals surface area contributed by atoms with Crippen molar-refractivity contribution in [2.24, 2.45) is 0 Å². The molecule has 1 aliphatic rings. The van der Waals surface area contributed by atoms with E-state index in [9.17, 15) is 4.79 Å². The Morgan fingerprint density at radius 3 is 2.80 bits per heavy atom. The van der Waals surface area contributed by atoms with Crippen molar-refractivity contribution in [1.82, 2.24) is 25.7 Å². The number of aromatic amines is 2. The molecule has 130 valence electrons. The van der Waals surface area contributed by atoms with Crippen molar-refractivity contribution < 1.29 is 4.79 Å². The molecule has 25 heavy (non-hydrogen) atoms. The summed E-state index contributed by atoms with van der Waals surface area (Å²) in [7, 11) is 0. The van der Waals surface area contributed by atoms with E-state index in [4.69, 9.17) is 0 Å². The maximum absolute atomic E-state index is 12.4. The lowest BCUT2D eigenvalue weighted by Gasteiger charge is -2.32. The minimum absolute atomic E-state index is 0.117. The number of amides is 1. The Labute approximate surface area is 149 Å². The van der Waals surface area contributed by atoms with Crippen molar-refractivity contribution in [2.75, 3.05) is 18.0 Å². The second kappa shape index (κ2) is 6.72. The highest BCUT2D eigenvalue weighted by molar-refractivity contribution is 7.13. The number of nitrogens with one attached hydrogen (secondary N) is 3. The summed E-state index contributed by atoms with van der Waals surface area (Å²) in [6.07, 6.45) is 1.81. The maximum atomic E-state index is 12.4. The zero-order chi connectivity index (χ0) is 17.2. The fourth-order valence-electron chi connectivity index (χ4n) is 3.07. The monoisotopic (exact) mass is 356 g/mol. The number of H-pyrrole nitrogens is 2. The molecule has 0 radical (unpaired) electrons. The van der Waals surface area contributed by atoms with Crippen LogP contribution < -0.4 is 10.2 Å². The van der Waals surface area contributed by atoms with Gasteiger partial charge in [-0.05, 0) is 37.3 Å². The Hall–Kier alpha value is -2.61. The highest BCUT2D eigenvalue weighted by Gasteiger charge is 2.23. The van der Waals surface area contributed by atoms with Crippen LogP contribution in [-0.2, 0) is 0 Å². The average Bonchev–Trinajstić information content (AvgIpc) is 3.36. The average molecular weight is 356 g/mol. The summed E-state index contributed by atoms with van der Waals surface area (Å²) in [5.41, 5.74) is 2.38. The number of aryl methyl sites for hydroxylation is 1. The number of hydrogen-bond donors (Lipinski definition) is 3. The second-order valence-corrected chi connectivity index (χ2v) is 7.24. The number of nitrogens with zero attached hydrogens (tertiary/aromatic N) is 3. The molecular formula is C17H20N6OS. The molecule has 3 aromatic heterocycles. The molecule has 0 aromatic carbocycles. The van der Waals surface area contributed by atoms with Crippen LogP contribution in [0.2, 0.25) is 0 Å². The first-order valence-corrected chi connectivity index (χ1v) is 9.24. The van der Waals surface area contributed by atoms with Crippen LogP contribution in [0.25, 0.3) is 10.6 Å². The third kappa shape index (κ3) is 3.43. The van der Waals surface area contributed by atoms with Gasteiger partial charge in [-0.1, -0.05) is 6.07 Å². The molecule has 3 aromatic rings. The van der Waals surface area contributed by atoms with Crippen LogP contribution in [0.1, 0.15) is 29.0 Å². The number of anilines is 1. The molecule has 4 heterocycles. The first-order chi connectivity index (χ1) is 12.2. The quantitative estimate of drug-likeness (QED) is 0.670. The van der Waals surface area contributed by atoms with Gasteiger partial charge in [0.1, 0.15) is 0 Å². The lowest BCUT2D eigenvalue weighted by molar-refractivity contribution is 0.0926. The third-order valence-electron chi connectivity index (χ3n) is 4.44. The molecule has 1 saturated heterocycles. The van der Waals surface area contributed by atoms with Gasteiger partial charge in [-0.2, -0.15) is 10.2 Å². The molecule has 0 aliphatic carbocycles. The second-order valence-electron chi connectivity index (χ2n) is 6.29. The molecule has 8 heteroatoms. The summed E-state index contributed by atoms with van der Waals surface area (Å²) in [5, 5.41) is 19.5. The molecule has 7 nitrogen and oxygen atoms in total. The van der Waals surface area contributed by atoms with Crippen molar-refractivity contribution in [3.63, 3.8) is 0 Å². The fraction of sp³-hybridized carbons (Fsp3) is 0.353. The first-order valence-electron chi connectivity index (χ1n) is 8.36. The van der Waals surface area contributed by atoms with Crippen molar-refractivity contribution in [3.05, 3.63) is 41.0 Å². The van der Waals surface area contributed by atoms with Gasteiger partial charge in [0, 0.05) is 30.9 Å². The van der Waals surface area contributed by atoms with Gasteiger partial charge in [-0.15, -0.1) is 11.3 Å². The van der Waals surface area contributed by atoms with Gasteiger partial charge < -0.3 is 10.2 Å². The van der Waals surface area contributed by atoms with E-state index in [1.54, 1.807) is 11.3 Å². The van der Waals surface area contributed by atoms with Crippen LogP contribution in [0.15, 0.2) is 29.6 Å². The van der Waals surface area contributed by atoms with Crippen LogP contribution in [0.5, 0.6) is 0 Å². The van der Waals surface area contributed by atoms with E-state index in [2.05, 4.69) is 36.7 Å². The van der Waals surface area contributed by atoms with Gasteiger partial charge >= 0.3 is 0 Å². The molecule has 1 fully saturated rings. The largest absolute Gasteiger partial charge is 0.355 e. The highest BCUT2D eigenvalue weighted by atomic mass is 32.1. The summed E-state index contributed by atoms with van der Waals surface area (Å²) in [4.78, 5) is 15.8. The zero-order valence-electron chi connectivity index (χ0n) is 14.0. The number of aromatic nitrogens is 4. The Bertz CT molecular complexity index is 844. The highest BCUT2D eigenvalue weighted by Crippen LogP contribution is 2.23. The summed E-state index contributed by atoms with van der Waals surface area (Å²) in [6, 6.07) is 8.02. The van der Waals surface area contributed by atoms with Crippen molar-refractivity contribution >= 4 is 23.1 Å². The smallest absolute Gasteiger partial charge is 0.272 e. The molecule has 0 saturated carbocycles. The number of rotatable bonds is 4. The molecule has 0 unspecified atom stereocenters. The molecule has 0 atom stereocenters. The fourth-order valence-corrected chi connectivity index (χ4v) is 3.77. The van der Waals surface area contributed by atoms with Gasteiger partial charge in [0.25, 0.3) is 5.91 Å². The maximum Gasteiger partial charge on any atom is 0.272 e. The standard InChI is InChI=1S/C17H20N6OS/c1-11-9-16(22-19-11)23-6-4-12(5-7-23)18-17(24)14-10-13(20-21-14)15-3-2-8-25-15/h2-3,8-10,12H,4-7H2,1H3,(H,18,24)(H,19,22)(H,20,21). The van der Waals surface area contributed by atoms with Gasteiger partial charge in [-0.3, -0.25) is 15.0 Å². The zero-order valence-corrected chi connectivity index (χ0v) is 14.8. The summed E-state index contributed by atoms with van der Waals surface area (Å²) < 4.78 is 0. The number of thiophene rings is 1. The lowest BCUT2D eigenvalue weighted by atomic mass is 10.0. The number of piperidine rings is 1. The Kier molecular flexibility index (Phi) is 4.27. The van der Waals surface area contributed by atoms with Crippen LogP contribution in [0.3, 0.4) is 0 Å².